The van der Waals surface area contributed by atoms with Gasteiger partial charge in [-0.05, 0) is 6.07 Å². The molecule has 0 saturated carbocycles. The molecule has 0 radical (unpaired) electrons. The van der Waals surface area contributed by atoms with Gasteiger partial charge in [-0.15, -0.1) is 0 Å². The van der Waals surface area contributed by atoms with Gasteiger partial charge < -0.3 is 10.5 Å². The fraction of sp³-hybridized carbons (Fsp3) is 0.273. The van der Waals surface area contributed by atoms with Gasteiger partial charge in [0.1, 0.15) is 24.4 Å². The first kappa shape index (κ1) is 10.1. The monoisotopic (exact) mass is 234 g/mol. The fourth-order valence-corrected chi connectivity index (χ4v) is 2.07. The van der Waals surface area contributed by atoms with Crippen LogP contribution < -0.4 is 5.73 Å². The second-order valence-corrected chi connectivity index (χ2v) is 4.10. The van der Waals surface area contributed by atoms with Gasteiger partial charge in [0.15, 0.2) is 0 Å². The summed E-state index contributed by atoms with van der Waals surface area (Å²) in [4.78, 5) is 7.93. The normalized spacial score (nSPS) is 24.2. The summed E-state index contributed by atoms with van der Waals surface area (Å²) < 4.78 is 21.2. The molecule has 0 amide bonds. The maximum Gasteiger partial charge on any atom is 0.228 e. The van der Waals surface area contributed by atoms with Crippen LogP contribution in [-0.4, -0.2) is 21.1 Å². The Balaban J connectivity index is 2.18. The molecule has 17 heavy (non-hydrogen) atoms. The van der Waals surface area contributed by atoms with E-state index in [-0.39, 0.29) is 13.0 Å². The largest absolute Gasteiger partial charge is 0.493 e. The highest BCUT2D eigenvalue weighted by Gasteiger charge is 2.40. The van der Waals surface area contributed by atoms with Crippen LogP contribution in [0.1, 0.15) is 6.42 Å². The van der Waals surface area contributed by atoms with Crippen LogP contribution in [0.15, 0.2) is 30.9 Å². The Morgan fingerprint density at radius 3 is 3.06 bits per heavy atom. The van der Waals surface area contributed by atoms with E-state index in [1.807, 2.05) is 0 Å². The number of hydrogen-bond acceptors (Lipinski definition) is 4. The first-order valence-electron chi connectivity index (χ1n) is 5.18. The number of aromatic nitrogens is 3. The molecule has 5 nitrogen and oxygen atoms in total. The highest BCUT2D eigenvalue weighted by Crippen LogP contribution is 2.37. The smallest absolute Gasteiger partial charge is 0.228 e. The molecular weight excluding hydrogens is 223 g/mol. The summed E-state index contributed by atoms with van der Waals surface area (Å²) in [6.07, 6.45) is 3.06. The van der Waals surface area contributed by atoms with Crippen molar-refractivity contribution in [1.29, 1.82) is 0 Å². The number of allylic oxidation sites excluding steroid dienone is 1. The number of fused-ring (bicyclic) bond motifs is 1. The summed E-state index contributed by atoms with van der Waals surface area (Å²) in [6.45, 7) is 3.57. The number of alkyl halides is 1. The second-order valence-electron chi connectivity index (χ2n) is 4.10. The molecule has 88 valence electrons. The third kappa shape index (κ3) is 1.37. The summed E-state index contributed by atoms with van der Waals surface area (Å²) in [5.74, 6) is -0.855. The third-order valence-corrected chi connectivity index (χ3v) is 2.91. The van der Waals surface area contributed by atoms with Crippen molar-refractivity contribution in [3.05, 3.63) is 30.9 Å². The number of ether oxygens (including phenoxy) is 1. The topological polar surface area (TPSA) is 66.0 Å². The van der Waals surface area contributed by atoms with Gasteiger partial charge >= 0.3 is 0 Å². The highest BCUT2D eigenvalue weighted by atomic mass is 19.1. The molecule has 2 aromatic heterocycles. The summed E-state index contributed by atoms with van der Waals surface area (Å²) in [5, 5.41) is 0.641. The summed E-state index contributed by atoms with van der Waals surface area (Å²) in [6, 6.07) is 1.70. The average molecular weight is 234 g/mol. The van der Waals surface area contributed by atoms with Crippen LogP contribution in [0.5, 0.6) is 0 Å². The van der Waals surface area contributed by atoms with E-state index in [2.05, 4.69) is 16.5 Å². The van der Waals surface area contributed by atoms with Crippen LogP contribution >= 0.6 is 0 Å². The molecule has 0 aromatic carbocycles. The zero-order chi connectivity index (χ0) is 12.0. The van der Waals surface area contributed by atoms with Gasteiger partial charge in [0.2, 0.25) is 5.79 Å². The quantitative estimate of drug-likeness (QED) is 0.813. The molecule has 6 heteroatoms. The molecule has 1 saturated heterocycles. The molecule has 0 spiro atoms. The highest BCUT2D eigenvalue weighted by molar-refractivity contribution is 5.86. The first-order valence-corrected chi connectivity index (χ1v) is 5.18. The van der Waals surface area contributed by atoms with E-state index in [4.69, 9.17) is 10.5 Å². The van der Waals surface area contributed by atoms with Gasteiger partial charge in [-0.25, -0.2) is 14.4 Å². The van der Waals surface area contributed by atoms with Gasteiger partial charge in [-0.2, -0.15) is 0 Å². The van der Waals surface area contributed by atoms with Crippen molar-refractivity contribution >= 4 is 16.9 Å². The van der Waals surface area contributed by atoms with Crippen molar-refractivity contribution < 1.29 is 9.13 Å². The number of nitrogens with zero attached hydrogens (tertiary/aromatic N) is 3. The summed E-state index contributed by atoms with van der Waals surface area (Å²) in [5.41, 5.74) is 6.17. The molecule has 3 heterocycles. The molecule has 2 N–H and O–H groups in total. The molecule has 3 rings (SSSR count). The number of nitrogen functional groups attached to an aromatic ring is 1. The van der Waals surface area contributed by atoms with Crippen LogP contribution in [0.2, 0.25) is 0 Å². The van der Waals surface area contributed by atoms with Crippen molar-refractivity contribution in [2.45, 2.75) is 12.2 Å². The number of rotatable bonds is 1. The minimum Gasteiger partial charge on any atom is -0.493 e. The van der Waals surface area contributed by atoms with Gasteiger partial charge in [-0.3, -0.25) is 4.57 Å². The predicted molar refractivity (Wildman–Crippen MR) is 60.7 cm³/mol. The lowest BCUT2D eigenvalue weighted by Gasteiger charge is -2.19. The molecule has 0 aliphatic carbocycles. The van der Waals surface area contributed by atoms with Gasteiger partial charge in [0, 0.05) is 6.20 Å². The molecular formula is C11H11FN4O. The number of anilines is 1. The molecule has 1 fully saturated rings. The van der Waals surface area contributed by atoms with E-state index in [9.17, 15) is 4.39 Å². The molecule has 2 aromatic rings. The molecule has 1 aliphatic rings. The maximum atomic E-state index is 14.7. The Hall–Kier alpha value is -2.11. The van der Waals surface area contributed by atoms with E-state index in [1.54, 1.807) is 12.3 Å². The van der Waals surface area contributed by atoms with Crippen molar-refractivity contribution in [2.75, 3.05) is 12.3 Å². The van der Waals surface area contributed by atoms with Crippen LogP contribution in [0.4, 0.5) is 10.2 Å². The second kappa shape index (κ2) is 3.19. The zero-order valence-electron chi connectivity index (χ0n) is 9.06. The van der Waals surface area contributed by atoms with E-state index in [0.29, 0.717) is 22.6 Å². The van der Waals surface area contributed by atoms with E-state index in [1.165, 1.54) is 10.9 Å². The lowest BCUT2D eigenvalue weighted by atomic mass is 10.2. The minimum atomic E-state index is -1.64. The number of hydrogen-bond donors (Lipinski definition) is 1. The predicted octanol–water partition coefficient (Wildman–Crippen LogP) is 1.57. The first-order chi connectivity index (χ1) is 8.10. The number of halogens is 1. The van der Waals surface area contributed by atoms with Gasteiger partial charge in [-0.1, -0.05) is 6.58 Å². The lowest BCUT2D eigenvalue weighted by molar-refractivity contribution is 0.0555. The fourth-order valence-electron chi connectivity index (χ4n) is 2.07. The minimum absolute atomic E-state index is 0.0560. The van der Waals surface area contributed by atoms with Crippen LogP contribution in [0.25, 0.3) is 11.0 Å². The molecule has 1 atom stereocenters. The Labute approximate surface area is 96.7 Å². The Morgan fingerprint density at radius 1 is 1.53 bits per heavy atom. The molecule has 0 bridgehead atoms. The average Bonchev–Trinajstić information content (AvgIpc) is 2.84. The van der Waals surface area contributed by atoms with Gasteiger partial charge in [0.05, 0.1) is 17.6 Å². The van der Waals surface area contributed by atoms with Crippen molar-refractivity contribution in [3.8, 4) is 0 Å². The third-order valence-electron chi connectivity index (χ3n) is 2.91. The van der Waals surface area contributed by atoms with E-state index >= 15 is 0 Å². The Kier molecular flexibility index (Phi) is 1.89. The zero-order valence-corrected chi connectivity index (χ0v) is 9.06. The lowest BCUT2D eigenvalue weighted by Crippen LogP contribution is -2.28. The Bertz CT molecular complexity index is 609. The standard InChI is InChI=1S/C11H11FN4O/c1-7-4-11(12,5-17-7)16-3-2-8-9(13)14-6-15-10(8)16/h2-3,6H,1,4-5H2,(H2,13,14,15)/t11-/m0/s1. The van der Waals surface area contributed by atoms with Crippen molar-refractivity contribution in [3.63, 3.8) is 0 Å². The van der Waals surface area contributed by atoms with Crippen LogP contribution in [0, 0.1) is 0 Å². The molecule has 1 aliphatic heterocycles. The Morgan fingerprint density at radius 2 is 2.35 bits per heavy atom. The summed E-state index contributed by atoms with van der Waals surface area (Å²) >= 11 is 0. The van der Waals surface area contributed by atoms with E-state index < -0.39 is 5.79 Å². The SMILES string of the molecule is C=C1C[C@](F)(n2ccc3c(N)ncnc32)CO1. The van der Waals surface area contributed by atoms with Crippen LogP contribution in [0.3, 0.4) is 0 Å². The van der Waals surface area contributed by atoms with Gasteiger partial charge in [0.25, 0.3) is 0 Å². The van der Waals surface area contributed by atoms with Crippen molar-refractivity contribution in [1.82, 2.24) is 14.5 Å². The maximum absolute atomic E-state index is 14.7. The molecule has 0 unspecified atom stereocenters. The summed E-state index contributed by atoms with van der Waals surface area (Å²) in [7, 11) is 0. The van der Waals surface area contributed by atoms with Crippen molar-refractivity contribution in [2.24, 2.45) is 0 Å². The number of nitrogens with two attached hydrogens (primary N) is 1. The van der Waals surface area contributed by atoms with Crippen LogP contribution in [-0.2, 0) is 10.5 Å². The van der Waals surface area contributed by atoms with E-state index in [0.717, 1.165) is 0 Å².